The van der Waals surface area contributed by atoms with E-state index in [2.05, 4.69) is 32.4 Å². The van der Waals surface area contributed by atoms with Crippen molar-refractivity contribution in [2.75, 3.05) is 78.4 Å². The molecule has 232 valence electrons. The highest BCUT2D eigenvalue weighted by molar-refractivity contribution is 5.99. The summed E-state index contributed by atoms with van der Waals surface area (Å²) >= 11 is 0. The lowest BCUT2D eigenvalue weighted by molar-refractivity contribution is -0.111. The number of carbonyl (C=O) groups is 1. The maximum Gasteiger partial charge on any atom is 0.247 e. The summed E-state index contributed by atoms with van der Waals surface area (Å²) in [5, 5.41) is 9.05. The predicted octanol–water partition coefficient (Wildman–Crippen LogP) is 5.71. The monoisotopic (exact) mass is 613 g/mol. The van der Waals surface area contributed by atoms with Crippen molar-refractivity contribution < 1.29 is 23.0 Å². The molecule has 3 aromatic carbocycles. The van der Waals surface area contributed by atoms with Crippen LogP contribution in [-0.2, 0) is 14.3 Å². The number of aromatic nitrogens is 2. The Bertz CT molecular complexity index is 1670. The lowest BCUT2D eigenvalue weighted by Crippen LogP contribution is -2.36. The molecular weight excluding hydrogens is 580 g/mol. The van der Waals surface area contributed by atoms with Crippen LogP contribution in [0.3, 0.4) is 0 Å². The standard InChI is InChI=1S/C33H33F2N7O3/c1-2-31(43)39-28-19-22(3-9-26(28)34)32-29(37-23-4-7-25(8-5-23)41-11-15-44-16-12-41)21-36-33(40-32)38-24-6-10-27(35)30(20-24)42-13-17-45-18-14-42/h2-10,19-21,37H,1,11-18H2,(H,39,43)(H,36,38,40). The number of rotatable bonds is 9. The van der Waals surface area contributed by atoms with Crippen LogP contribution in [0.1, 0.15) is 0 Å². The van der Waals surface area contributed by atoms with Crippen molar-refractivity contribution in [3.8, 4) is 11.3 Å². The lowest BCUT2D eigenvalue weighted by Gasteiger charge is -2.29. The fraction of sp³-hybridized carbons (Fsp3) is 0.242. The first-order chi connectivity index (χ1) is 22.0. The van der Waals surface area contributed by atoms with E-state index in [1.165, 1.54) is 18.2 Å². The van der Waals surface area contributed by atoms with Gasteiger partial charge in [-0.25, -0.2) is 18.7 Å². The van der Waals surface area contributed by atoms with Gasteiger partial charge in [0.2, 0.25) is 11.9 Å². The molecule has 1 aromatic heterocycles. The quantitative estimate of drug-likeness (QED) is 0.205. The second-order valence-electron chi connectivity index (χ2n) is 10.5. The molecule has 2 aliphatic rings. The lowest BCUT2D eigenvalue weighted by atomic mass is 10.1. The second kappa shape index (κ2) is 13.7. The Hall–Kier alpha value is -5.07. The fourth-order valence-corrected chi connectivity index (χ4v) is 5.20. The first-order valence-corrected chi connectivity index (χ1v) is 14.7. The molecule has 3 heterocycles. The van der Waals surface area contributed by atoms with Crippen LogP contribution >= 0.6 is 0 Å². The van der Waals surface area contributed by atoms with E-state index in [0.29, 0.717) is 67.8 Å². The van der Waals surface area contributed by atoms with Crippen molar-refractivity contribution in [1.82, 2.24) is 9.97 Å². The number of nitrogens with zero attached hydrogens (tertiary/aromatic N) is 4. The van der Waals surface area contributed by atoms with Crippen LogP contribution in [0.2, 0.25) is 0 Å². The van der Waals surface area contributed by atoms with Gasteiger partial charge in [-0.05, 0) is 66.7 Å². The maximum atomic E-state index is 14.7. The second-order valence-corrected chi connectivity index (χ2v) is 10.5. The van der Waals surface area contributed by atoms with Crippen molar-refractivity contribution in [2.24, 2.45) is 0 Å². The van der Waals surface area contributed by atoms with Crippen LogP contribution in [0, 0.1) is 11.6 Å². The van der Waals surface area contributed by atoms with Crippen LogP contribution < -0.4 is 25.8 Å². The molecule has 0 atom stereocenters. The van der Waals surface area contributed by atoms with Gasteiger partial charge in [0.15, 0.2) is 0 Å². The highest BCUT2D eigenvalue weighted by Crippen LogP contribution is 2.33. The SMILES string of the molecule is C=CC(=O)Nc1cc(-c2nc(Nc3ccc(F)c(N4CCOCC4)c3)ncc2Nc2ccc(N3CCOCC3)cc2)ccc1F. The van der Waals surface area contributed by atoms with E-state index in [0.717, 1.165) is 30.5 Å². The normalized spacial score (nSPS) is 15.0. The van der Waals surface area contributed by atoms with Gasteiger partial charge >= 0.3 is 0 Å². The minimum Gasteiger partial charge on any atom is -0.378 e. The number of hydrogen-bond donors (Lipinski definition) is 3. The molecule has 0 bridgehead atoms. The zero-order chi connectivity index (χ0) is 31.2. The summed E-state index contributed by atoms with van der Waals surface area (Å²) < 4.78 is 40.2. The Balaban J connectivity index is 1.32. The van der Waals surface area contributed by atoms with Crippen LogP contribution in [0.5, 0.6) is 0 Å². The third-order valence-electron chi connectivity index (χ3n) is 7.55. The molecule has 0 unspecified atom stereocenters. The third kappa shape index (κ3) is 7.19. The molecular formula is C33H33F2N7O3. The van der Waals surface area contributed by atoms with Crippen LogP contribution in [0.4, 0.5) is 48.9 Å². The number of morpholine rings is 2. The van der Waals surface area contributed by atoms with E-state index in [9.17, 15) is 13.6 Å². The smallest absolute Gasteiger partial charge is 0.247 e. The number of benzene rings is 3. The van der Waals surface area contributed by atoms with Gasteiger partial charge in [-0.2, -0.15) is 0 Å². The Morgan fingerprint density at radius 2 is 1.47 bits per heavy atom. The van der Waals surface area contributed by atoms with E-state index in [1.54, 1.807) is 24.4 Å². The Morgan fingerprint density at radius 3 is 2.18 bits per heavy atom. The summed E-state index contributed by atoms with van der Waals surface area (Å²) in [4.78, 5) is 25.5. The first kappa shape index (κ1) is 30.0. The van der Waals surface area contributed by atoms with Gasteiger partial charge in [-0.1, -0.05) is 6.58 Å². The molecule has 3 N–H and O–H groups in total. The Morgan fingerprint density at radius 1 is 0.800 bits per heavy atom. The number of hydrogen-bond acceptors (Lipinski definition) is 9. The molecule has 12 heteroatoms. The van der Waals surface area contributed by atoms with Crippen LogP contribution in [0.15, 0.2) is 79.5 Å². The van der Waals surface area contributed by atoms with E-state index in [-0.39, 0.29) is 17.5 Å². The average Bonchev–Trinajstić information content (AvgIpc) is 3.08. The summed E-state index contributed by atoms with van der Waals surface area (Å²) in [5.41, 5.74) is 4.48. The maximum absolute atomic E-state index is 14.7. The molecule has 10 nitrogen and oxygen atoms in total. The van der Waals surface area contributed by atoms with Gasteiger partial charge in [-0.15, -0.1) is 0 Å². The first-order valence-electron chi connectivity index (χ1n) is 14.7. The number of halogens is 2. The van der Waals surface area contributed by atoms with Crippen molar-refractivity contribution in [1.29, 1.82) is 0 Å². The van der Waals surface area contributed by atoms with Crippen LogP contribution in [0.25, 0.3) is 11.3 Å². The molecule has 6 rings (SSSR count). The molecule has 2 aliphatic heterocycles. The van der Waals surface area contributed by atoms with Crippen molar-refractivity contribution in [3.05, 3.63) is 91.1 Å². The van der Waals surface area contributed by atoms with Crippen molar-refractivity contribution >= 4 is 46.0 Å². The number of amides is 1. The summed E-state index contributed by atoms with van der Waals surface area (Å²) in [6.07, 6.45) is 2.69. The molecule has 1 amide bonds. The predicted molar refractivity (Wildman–Crippen MR) is 172 cm³/mol. The van der Waals surface area contributed by atoms with E-state index < -0.39 is 11.7 Å². The molecule has 4 aromatic rings. The van der Waals surface area contributed by atoms with Crippen molar-refractivity contribution in [3.63, 3.8) is 0 Å². The van der Waals surface area contributed by atoms with E-state index in [1.807, 2.05) is 29.2 Å². The number of nitrogens with one attached hydrogen (secondary N) is 3. The van der Waals surface area contributed by atoms with Gasteiger partial charge in [-0.3, -0.25) is 4.79 Å². The molecule has 0 radical (unpaired) electrons. The summed E-state index contributed by atoms with van der Waals surface area (Å²) in [7, 11) is 0. The molecule has 2 saturated heterocycles. The van der Waals surface area contributed by atoms with Gasteiger partial charge in [0.05, 0.1) is 55.4 Å². The zero-order valence-electron chi connectivity index (χ0n) is 24.6. The summed E-state index contributed by atoms with van der Waals surface area (Å²) in [6.45, 7) is 8.72. The minimum atomic E-state index is -0.600. The molecule has 0 saturated carbocycles. The Kier molecular flexibility index (Phi) is 9.13. The van der Waals surface area contributed by atoms with Gasteiger partial charge in [0.25, 0.3) is 0 Å². The summed E-state index contributed by atoms with van der Waals surface area (Å²) in [5.74, 6) is -1.22. The van der Waals surface area contributed by atoms with E-state index >= 15 is 0 Å². The number of carbonyl (C=O) groups excluding carboxylic acids is 1. The van der Waals surface area contributed by atoms with Gasteiger partial charge in [0, 0.05) is 48.8 Å². The topological polar surface area (TPSA) is 104 Å². The highest BCUT2D eigenvalue weighted by atomic mass is 19.1. The largest absolute Gasteiger partial charge is 0.378 e. The molecule has 0 aliphatic carbocycles. The highest BCUT2D eigenvalue weighted by Gasteiger charge is 2.18. The van der Waals surface area contributed by atoms with Crippen LogP contribution in [-0.4, -0.2) is 68.5 Å². The number of anilines is 7. The number of ether oxygens (including phenoxy) is 2. The molecule has 0 spiro atoms. The fourth-order valence-electron chi connectivity index (χ4n) is 5.20. The molecule has 45 heavy (non-hydrogen) atoms. The van der Waals surface area contributed by atoms with Gasteiger partial charge < -0.3 is 35.2 Å². The zero-order valence-corrected chi connectivity index (χ0v) is 24.6. The third-order valence-corrected chi connectivity index (χ3v) is 7.55. The minimum absolute atomic E-state index is 0.0139. The average molecular weight is 614 g/mol. The van der Waals surface area contributed by atoms with E-state index in [4.69, 9.17) is 14.5 Å². The summed E-state index contributed by atoms with van der Waals surface area (Å²) in [6, 6.07) is 17.1. The molecule has 2 fully saturated rings. The van der Waals surface area contributed by atoms with Gasteiger partial charge in [0.1, 0.15) is 11.6 Å². The van der Waals surface area contributed by atoms with Crippen molar-refractivity contribution in [2.45, 2.75) is 0 Å². The Labute approximate surface area is 259 Å².